The Kier molecular flexibility index (Phi) is 7.88. The summed E-state index contributed by atoms with van der Waals surface area (Å²) in [5.74, 6) is 2.38. The van der Waals surface area contributed by atoms with E-state index in [1.54, 1.807) is 0 Å². The lowest BCUT2D eigenvalue weighted by Gasteiger charge is -2.31. The number of hydrogen-bond acceptors (Lipinski definition) is 5. The van der Waals surface area contributed by atoms with Crippen molar-refractivity contribution < 1.29 is 4.52 Å². The minimum Gasteiger partial charge on any atom is -0.339 e. The fraction of sp³-hybridized carbons (Fsp3) is 0.579. The molecule has 0 bridgehead atoms. The normalized spacial score (nSPS) is 15.9. The fourth-order valence-electron chi connectivity index (χ4n) is 3.38. The molecule has 0 unspecified atom stereocenters. The summed E-state index contributed by atoms with van der Waals surface area (Å²) in [6, 6.07) is 8.34. The minimum atomic E-state index is 0. The second-order valence-corrected chi connectivity index (χ2v) is 6.82. The molecule has 3 rings (SSSR count). The highest BCUT2D eigenvalue weighted by molar-refractivity contribution is 5.85. The molecule has 1 aromatic heterocycles. The quantitative estimate of drug-likeness (QED) is 0.817. The second kappa shape index (κ2) is 9.90. The molecule has 2 heterocycles. The molecule has 1 N–H and O–H groups in total. The zero-order valence-electron chi connectivity index (χ0n) is 15.2. The Bertz CT molecular complexity index is 638. The van der Waals surface area contributed by atoms with Gasteiger partial charge in [0, 0.05) is 0 Å². The molecule has 0 spiro atoms. The Hall–Kier alpha value is -1.43. The highest BCUT2D eigenvalue weighted by Crippen LogP contribution is 2.21. The van der Waals surface area contributed by atoms with Gasteiger partial charge in [-0.15, -0.1) is 12.4 Å². The van der Waals surface area contributed by atoms with E-state index in [0.29, 0.717) is 12.3 Å². The summed E-state index contributed by atoms with van der Waals surface area (Å²) in [7, 11) is 2.03. The van der Waals surface area contributed by atoms with E-state index in [0.717, 1.165) is 37.9 Å². The maximum absolute atomic E-state index is 5.44. The summed E-state index contributed by atoms with van der Waals surface area (Å²) >= 11 is 0. The van der Waals surface area contributed by atoms with Gasteiger partial charge in [-0.2, -0.15) is 4.98 Å². The number of nitrogens with zero attached hydrogens (tertiary/aromatic N) is 3. The molecule has 0 radical (unpaired) electrons. The molecular formula is C19H29ClN4O. The smallest absolute Gasteiger partial charge is 0.231 e. The molecule has 0 atom stereocenters. The van der Waals surface area contributed by atoms with Gasteiger partial charge in [0.15, 0.2) is 5.82 Å². The molecule has 2 aromatic rings. The molecular weight excluding hydrogens is 336 g/mol. The van der Waals surface area contributed by atoms with E-state index in [1.807, 2.05) is 7.05 Å². The van der Waals surface area contributed by atoms with Crippen molar-refractivity contribution in [2.75, 3.05) is 26.7 Å². The maximum atomic E-state index is 5.44. The van der Waals surface area contributed by atoms with Crippen LogP contribution in [0.3, 0.4) is 0 Å². The zero-order valence-corrected chi connectivity index (χ0v) is 16.0. The third-order valence-electron chi connectivity index (χ3n) is 4.99. The predicted molar refractivity (Wildman–Crippen MR) is 102 cm³/mol. The van der Waals surface area contributed by atoms with Crippen LogP contribution in [0.15, 0.2) is 28.8 Å². The second-order valence-electron chi connectivity index (χ2n) is 6.82. The molecule has 6 heteroatoms. The van der Waals surface area contributed by atoms with Crippen molar-refractivity contribution in [2.45, 2.75) is 39.2 Å². The molecule has 25 heavy (non-hydrogen) atoms. The van der Waals surface area contributed by atoms with Crippen molar-refractivity contribution in [3.8, 4) is 0 Å². The molecule has 1 aliphatic heterocycles. The number of nitrogens with one attached hydrogen (secondary N) is 1. The van der Waals surface area contributed by atoms with Crippen LogP contribution in [0.25, 0.3) is 0 Å². The number of hydrogen-bond donors (Lipinski definition) is 1. The van der Waals surface area contributed by atoms with Crippen molar-refractivity contribution in [1.82, 2.24) is 20.4 Å². The van der Waals surface area contributed by atoms with Crippen LogP contribution in [0, 0.1) is 12.8 Å². The van der Waals surface area contributed by atoms with E-state index in [9.17, 15) is 0 Å². The highest BCUT2D eigenvalue weighted by atomic mass is 35.5. The van der Waals surface area contributed by atoms with Crippen LogP contribution in [0.4, 0.5) is 0 Å². The minimum absolute atomic E-state index is 0. The van der Waals surface area contributed by atoms with Gasteiger partial charge in [-0.25, -0.2) is 0 Å². The third-order valence-corrected chi connectivity index (χ3v) is 4.99. The van der Waals surface area contributed by atoms with Gasteiger partial charge >= 0.3 is 0 Å². The molecule has 1 aromatic carbocycles. The van der Waals surface area contributed by atoms with Crippen LogP contribution in [0.5, 0.6) is 0 Å². The average Bonchev–Trinajstić information content (AvgIpc) is 3.03. The van der Waals surface area contributed by atoms with Gasteiger partial charge < -0.3 is 9.84 Å². The van der Waals surface area contributed by atoms with Crippen molar-refractivity contribution in [2.24, 2.45) is 5.92 Å². The fourth-order valence-corrected chi connectivity index (χ4v) is 3.38. The first-order chi connectivity index (χ1) is 11.7. The lowest BCUT2D eigenvalue weighted by Crippen LogP contribution is -2.34. The number of aryl methyl sites for hydroxylation is 1. The van der Waals surface area contributed by atoms with E-state index in [1.165, 1.54) is 30.4 Å². The van der Waals surface area contributed by atoms with Crippen LogP contribution in [-0.2, 0) is 13.0 Å². The summed E-state index contributed by atoms with van der Waals surface area (Å²) in [6.07, 6.45) is 4.55. The Morgan fingerprint density at radius 2 is 2.00 bits per heavy atom. The highest BCUT2D eigenvalue weighted by Gasteiger charge is 2.20. The third kappa shape index (κ3) is 5.80. The molecule has 1 fully saturated rings. The topological polar surface area (TPSA) is 54.2 Å². The van der Waals surface area contributed by atoms with E-state index >= 15 is 0 Å². The Balaban J connectivity index is 0.00000225. The van der Waals surface area contributed by atoms with Crippen molar-refractivity contribution >= 4 is 12.4 Å². The van der Waals surface area contributed by atoms with Gasteiger partial charge in [0.05, 0.1) is 13.0 Å². The number of aromatic nitrogens is 2. The lowest BCUT2D eigenvalue weighted by molar-refractivity contribution is 0.167. The number of likely N-dealkylation sites (tertiary alicyclic amines) is 1. The van der Waals surface area contributed by atoms with Crippen molar-refractivity contribution in [3.05, 3.63) is 47.1 Å². The largest absolute Gasteiger partial charge is 0.339 e. The van der Waals surface area contributed by atoms with Crippen molar-refractivity contribution in [1.29, 1.82) is 0 Å². The summed E-state index contributed by atoms with van der Waals surface area (Å²) in [4.78, 5) is 7.02. The van der Waals surface area contributed by atoms with E-state index in [-0.39, 0.29) is 12.4 Å². The number of halogens is 1. The van der Waals surface area contributed by atoms with Crippen LogP contribution >= 0.6 is 12.4 Å². The summed E-state index contributed by atoms with van der Waals surface area (Å²) in [5, 5.41) is 7.41. The molecule has 0 amide bonds. The SMILES string of the molecule is CNCCC1CCN(Cc2noc(Cc3ccccc3C)n2)CC1.Cl. The molecule has 0 aliphatic carbocycles. The Morgan fingerprint density at radius 3 is 2.72 bits per heavy atom. The van der Waals surface area contributed by atoms with Gasteiger partial charge in [0.25, 0.3) is 0 Å². The number of benzene rings is 1. The molecule has 5 nitrogen and oxygen atoms in total. The van der Waals surface area contributed by atoms with E-state index in [4.69, 9.17) is 4.52 Å². The first kappa shape index (κ1) is 19.9. The number of piperidine rings is 1. The van der Waals surface area contributed by atoms with Gasteiger partial charge in [-0.1, -0.05) is 29.4 Å². The number of rotatable bonds is 7. The van der Waals surface area contributed by atoms with E-state index < -0.39 is 0 Å². The van der Waals surface area contributed by atoms with Crippen LogP contribution in [0.2, 0.25) is 0 Å². The first-order valence-corrected chi connectivity index (χ1v) is 8.97. The molecule has 1 aliphatic rings. The lowest BCUT2D eigenvalue weighted by atomic mass is 9.93. The molecule has 0 saturated carbocycles. The van der Waals surface area contributed by atoms with Gasteiger partial charge in [0.2, 0.25) is 5.89 Å². The van der Waals surface area contributed by atoms with Crippen LogP contribution < -0.4 is 5.32 Å². The summed E-state index contributed by atoms with van der Waals surface area (Å²) in [5.41, 5.74) is 2.51. The van der Waals surface area contributed by atoms with Gasteiger partial charge in [0.1, 0.15) is 0 Å². The predicted octanol–water partition coefficient (Wildman–Crippen LogP) is 3.21. The standard InChI is InChI=1S/C19H28N4O.ClH/c1-15-5-3-4-6-17(15)13-19-21-18(22-24-19)14-23-11-8-16(9-12-23)7-10-20-2;/h3-6,16,20H,7-14H2,1-2H3;1H. The summed E-state index contributed by atoms with van der Waals surface area (Å²) < 4.78 is 5.44. The Labute approximate surface area is 156 Å². The Morgan fingerprint density at radius 1 is 1.24 bits per heavy atom. The van der Waals surface area contributed by atoms with Crippen molar-refractivity contribution in [3.63, 3.8) is 0 Å². The molecule has 138 valence electrons. The zero-order chi connectivity index (χ0) is 16.8. The van der Waals surface area contributed by atoms with Gasteiger partial charge in [-0.05, 0) is 69.9 Å². The monoisotopic (exact) mass is 364 g/mol. The van der Waals surface area contributed by atoms with Gasteiger partial charge in [-0.3, -0.25) is 4.90 Å². The van der Waals surface area contributed by atoms with Crippen LogP contribution in [0.1, 0.15) is 42.1 Å². The average molecular weight is 365 g/mol. The molecule has 1 saturated heterocycles. The van der Waals surface area contributed by atoms with Crippen LogP contribution in [-0.4, -0.2) is 41.7 Å². The summed E-state index contributed by atoms with van der Waals surface area (Å²) in [6.45, 7) is 6.31. The van der Waals surface area contributed by atoms with E-state index in [2.05, 4.69) is 51.5 Å². The maximum Gasteiger partial charge on any atom is 0.231 e. The first-order valence-electron chi connectivity index (χ1n) is 8.97.